The van der Waals surface area contributed by atoms with E-state index in [0.29, 0.717) is 40.5 Å². The summed E-state index contributed by atoms with van der Waals surface area (Å²) in [6.07, 6.45) is 7.40. The smallest absolute Gasteiger partial charge is 0.433 e. The van der Waals surface area contributed by atoms with Crippen molar-refractivity contribution in [2.24, 2.45) is 11.8 Å². The third-order valence-electron chi connectivity index (χ3n) is 10.4. The van der Waals surface area contributed by atoms with Gasteiger partial charge in [0.25, 0.3) is 5.91 Å². The first kappa shape index (κ1) is 31.3. The second-order valence-electron chi connectivity index (χ2n) is 13.1. The van der Waals surface area contributed by atoms with Gasteiger partial charge in [0, 0.05) is 55.3 Å². The van der Waals surface area contributed by atoms with E-state index in [-0.39, 0.29) is 5.52 Å². The maximum absolute atomic E-state index is 15.4. The Balaban J connectivity index is 1.26. The van der Waals surface area contributed by atoms with Crippen molar-refractivity contribution in [2.45, 2.75) is 51.1 Å². The van der Waals surface area contributed by atoms with Crippen molar-refractivity contribution in [1.82, 2.24) is 20.2 Å². The number of nitrogens with zero attached hydrogens (tertiary/aromatic N) is 4. The molecule has 0 unspecified atom stereocenters. The maximum atomic E-state index is 15.4. The number of piperazine rings is 1. The minimum atomic E-state index is -0.748. The van der Waals surface area contributed by atoms with E-state index in [1.165, 1.54) is 51.7 Å². The zero-order chi connectivity index (χ0) is 32.3. The van der Waals surface area contributed by atoms with Gasteiger partial charge >= 0.3 is 6.09 Å². The van der Waals surface area contributed by atoms with Gasteiger partial charge in [0.15, 0.2) is 0 Å². The number of fused-ring (bicyclic) bond motifs is 3. The highest BCUT2D eigenvalue weighted by Gasteiger charge is 2.40. The van der Waals surface area contributed by atoms with Gasteiger partial charge in [-0.05, 0) is 55.7 Å². The SMILES string of the molecule is COC(=O)N(NC(=O)c1c(CN2CCN(C3C4CCCC3CCC4)CC2)c(-c2ccccc2)nc2c(F)cccc12)c1ccccc1. The summed E-state index contributed by atoms with van der Waals surface area (Å²) in [5.41, 5.74) is 5.68. The minimum absolute atomic E-state index is 0.109. The molecular formula is C38H42FN5O3. The third-order valence-corrected chi connectivity index (χ3v) is 10.4. The number of halogens is 1. The molecule has 2 heterocycles. The second-order valence-corrected chi connectivity index (χ2v) is 13.1. The predicted molar refractivity (Wildman–Crippen MR) is 181 cm³/mol. The van der Waals surface area contributed by atoms with Gasteiger partial charge in [-0.1, -0.05) is 73.5 Å². The molecule has 244 valence electrons. The number of aromatic nitrogens is 1. The largest absolute Gasteiger partial charge is 0.451 e. The number of rotatable bonds is 6. The standard InChI is InChI=1S/C38H42FN5O3/c1-47-38(46)44(29-17-6-3-7-18-29)41-37(45)33-30-19-10-20-32(39)35(30)40-34(26-11-4-2-5-12-26)31(33)25-42-21-23-43(24-22-42)36-27-13-8-14-28(36)16-9-15-27/h2-7,10-12,17-20,27-28,36H,8-9,13-16,21-25H2,1H3,(H,41,45). The van der Waals surface area contributed by atoms with Crippen LogP contribution in [0, 0.1) is 17.7 Å². The molecule has 0 spiro atoms. The summed E-state index contributed by atoms with van der Waals surface area (Å²) >= 11 is 0. The Kier molecular flexibility index (Phi) is 9.18. The Morgan fingerprint density at radius 1 is 0.872 bits per heavy atom. The fourth-order valence-corrected chi connectivity index (χ4v) is 8.26. The number of hydrogen-bond acceptors (Lipinski definition) is 6. The molecule has 3 aromatic carbocycles. The van der Waals surface area contributed by atoms with Gasteiger partial charge in [-0.2, -0.15) is 5.01 Å². The highest BCUT2D eigenvalue weighted by atomic mass is 19.1. The average Bonchev–Trinajstić information content (AvgIpc) is 3.11. The molecule has 9 heteroatoms. The van der Waals surface area contributed by atoms with Crippen molar-refractivity contribution in [2.75, 3.05) is 38.3 Å². The van der Waals surface area contributed by atoms with Crippen LogP contribution < -0.4 is 10.4 Å². The third kappa shape index (κ3) is 6.34. The predicted octanol–water partition coefficient (Wildman–Crippen LogP) is 7.05. The number of para-hydroxylation sites is 2. The van der Waals surface area contributed by atoms with Gasteiger partial charge in [-0.25, -0.2) is 14.2 Å². The van der Waals surface area contributed by atoms with Crippen LogP contribution in [0.1, 0.15) is 54.4 Å². The molecule has 7 rings (SSSR count). The molecule has 1 saturated heterocycles. The van der Waals surface area contributed by atoms with E-state index in [0.717, 1.165) is 48.6 Å². The lowest BCUT2D eigenvalue weighted by Crippen LogP contribution is -2.56. The van der Waals surface area contributed by atoms with Crippen LogP contribution in [0.4, 0.5) is 14.9 Å². The molecule has 47 heavy (non-hydrogen) atoms. The Morgan fingerprint density at radius 3 is 2.15 bits per heavy atom. The van der Waals surface area contributed by atoms with Gasteiger partial charge in [-0.15, -0.1) is 0 Å². The van der Waals surface area contributed by atoms with E-state index in [9.17, 15) is 9.59 Å². The quantitative estimate of drug-likeness (QED) is 0.229. The molecule has 3 aliphatic rings. The number of carbonyl (C=O) groups excluding carboxylic acids is 2. The Bertz CT molecular complexity index is 1710. The van der Waals surface area contributed by atoms with E-state index < -0.39 is 17.8 Å². The van der Waals surface area contributed by atoms with Gasteiger partial charge in [0.05, 0.1) is 24.1 Å². The van der Waals surface area contributed by atoms with Crippen molar-refractivity contribution < 1.29 is 18.7 Å². The number of hydrazine groups is 1. The highest BCUT2D eigenvalue weighted by Crippen LogP contribution is 2.43. The lowest BCUT2D eigenvalue weighted by atomic mass is 9.68. The minimum Gasteiger partial charge on any atom is -0.451 e. The van der Waals surface area contributed by atoms with E-state index in [4.69, 9.17) is 9.72 Å². The number of ether oxygens (including phenoxy) is 1. The Hall–Kier alpha value is -4.34. The summed E-state index contributed by atoms with van der Waals surface area (Å²) in [4.78, 5) is 37.4. The molecule has 4 aromatic rings. The van der Waals surface area contributed by atoms with Crippen LogP contribution in [0.3, 0.4) is 0 Å². The molecule has 1 N–H and O–H groups in total. The average molecular weight is 636 g/mol. The molecule has 1 aromatic heterocycles. The topological polar surface area (TPSA) is 78.0 Å². The van der Waals surface area contributed by atoms with Gasteiger partial charge < -0.3 is 4.74 Å². The van der Waals surface area contributed by atoms with E-state index in [2.05, 4.69) is 15.2 Å². The Morgan fingerprint density at radius 2 is 1.51 bits per heavy atom. The van der Waals surface area contributed by atoms with Gasteiger partial charge in [-0.3, -0.25) is 20.0 Å². The zero-order valence-corrected chi connectivity index (χ0v) is 26.9. The first-order valence-electron chi connectivity index (χ1n) is 16.9. The molecule has 1 aliphatic heterocycles. The van der Waals surface area contributed by atoms with Crippen LogP contribution in [0.15, 0.2) is 78.9 Å². The molecule has 2 amide bonds. The summed E-state index contributed by atoms with van der Waals surface area (Å²) in [7, 11) is 1.26. The van der Waals surface area contributed by atoms with Crippen molar-refractivity contribution in [3.05, 3.63) is 95.8 Å². The second kappa shape index (κ2) is 13.8. The van der Waals surface area contributed by atoms with Gasteiger partial charge in [0.2, 0.25) is 0 Å². The summed E-state index contributed by atoms with van der Waals surface area (Å²) in [5.74, 6) is 0.574. The number of anilines is 1. The van der Waals surface area contributed by atoms with Crippen LogP contribution in [-0.4, -0.2) is 66.1 Å². The van der Waals surface area contributed by atoms with Crippen LogP contribution in [-0.2, 0) is 11.3 Å². The van der Waals surface area contributed by atoms with E-state index >= 15 is 4.39 Å². The van der Waals surface area contributed by atoms with Gasteiger partial charge in [0.1, 0.15) is 11.3 Å². The molecule has 0 atom stereocenters. The first-order valence-corrected chi connectivity index (χ1v) is 16.9. The number of pyridine rings is 1. The number of nitrogens with one attached hydrogen (secondary N) is 1. The fourth-order valence-electron chi connectivity index (χ4n) is 8.26. The normalized spacial score (nSPS) is 21.7. The monoisotopic (exact) mass is 635 g/mol. The summed E-state index contributed by atoms with van der Waals surface area (Å²) in [5, 5.41) is 1.48. The fraction of sp³-hybridized carbons (Fsp3) is 0.395. The molecule has 2 bridgehead atoms. The molecule has 2 aliphatic carbocycles. The zero-order valence-electron chi connectivity index (χ0n) is 26.9. The van der Waals surface area contributed by atoms with E-state index in [1.54, 1.807) is 36.4 Å². The van der Waals surface area contributed by atoms with Crippen molar-refractivity contribution in [3.8, 4) is 11.3 Å². The number of methoxy groups -OCH3 is 1. The number of carbonyl (C=O) groups is 2. The number of hydrogen-bond donors (Lipinski definition) is 1. The molecule has 8 nitrogen and oxygen atoms in total. The lowest BCUT2D eigenvalue weighted by molar-refractivity contribution is -0.00805. The Labute approximate surface area is 275 Å². The van der Waals surface area contributed by atoms with Crippen LogP contribution in [0.2, 0.25) is 0 Å². The van der Waals surface area contributed by atoms with Crippen LogP contribution >= 0.6 is 0 Å². The lowest BCUT2D eigenvalue weighted by Gasteiger charge is -2.50. The molecule has 2 saturated carbocycles. The maximum Gasteiger partial charge on any atom is 0.433 e. The van der Waals surface area contributed by atoms with Crippen molar-refractivity contribution in [1.29, 1.82) is 0 Å². The summed E-state index contributed by atoms with van der Waals surface area (Å²) < 4.78 is 20.5. The number of amides is 2. The van der Waals surface area contributed by atoms with E-state index in [1.807, 2.05) is 36.4 Å². The van der Waals surface area contributed by atoms with Crippen molar-refractivity contribution >= 4 is 28.6 Å². The number of benzene rings is 3. The van der Waals surface area contributed by atoms with Crippen LogP contribution in [0.5, 0.6) is 0 Å². The molecular weight excluding hydrogens is 593 g/mol. The molecule has 0 radical (unpaired) electrons. The highest BCUT2D eigenvalue weighted by molar-refractivity contribution is 6.10. The summed E-state index contributed by atoms with van der Waals surface area (Å²) in [6, 6.07) is 23.8. The summed E-state index contributed by atoms with van der Waals surface area (Å²) in [6.45, 7) is 4.16. The van der Waals surface area contributed by atoms with Crippen molar-refractivity contribution in [3.63, 3.8) is 0 Å². The molecule has 3 fully saturated rings. The first-order chi connectivity index (χ1) is 23.0. The van der Waals surface area contributed by atoms with Crippen LogP contribution in [0.25, 0.3) is 22.2 Å².